The number of nitrogens with zero attached hydrogens (tertiary/aromatic N) is 2. The lowest BCUT2D eigenvalue weighted by Crippen LogP contribution is -2.29. The van der Waals surface area contributed by atoms with E-state index in [2.05, 4.69) is 10.3 Å². The summed E-state index contributed by atoms with van der Waals surface area (Å²) in [4.78, 5) is 43.8. The minimum atomic E-state index is -3.36. The average Bonchev–Trinajstić information content (AvgIpc) is 3.30. The molecule has 3 aromatic carbocycles. The van der Waals surface area contributed by atoms with E-state index < -0.39 is 27.6 Å². The first-order valence-electron chi connectivity index (χ1n) is 9.72. The van der Waals surface area contributed by atoms with Crippen molar-refractivity contribution in [3.05, 3.63) is 83.4 Å². The molecule has 0 saturated heterocycles. The Labute approximate surface area is 192 Å². The van der Waals surface area contributed by atoms with Crippen molar-refractivity contribution in [2.75, 3.05) is 16.5 Å². The summed E-state index contributed by atoms with van der Waals surface area (Å²) in [6, 6.07) is 17.3. The van der Waals surface area contributed by atoms with Crippen LogP contribution in [0.2, 0.25) is 0 Å². The summed E-state index contributed by atoms with van der Waals surface area (Å²) in [5, 5.41) is 2.99. The standard InChI is InChI=1S/C23H15N3O5S2/c1-33(30,31)15-9-10-18-19(12-15)32-23(24-18)25-20(27)13-5-4-6-14(11-13)26-21(28)16-7-2-3-8-17(16)22(26)29/h2-12H,1H3,(H,24,25,27). The van der Waals surface area contributed by atoms with Gasteiger partial charge in [-0.15, -0.1) is 0 Å². The normalized spacial score (nSPS) is 13.4. The van der Waals surface area contributed by atoms with Crippen LogP contribution in [0.5, 0.6) is 0 Å². The summed E-state index contributed by atoms with van der Waals surface area (Å²) in [6.45, 7) is 0. The number of carbonyl (C=O) groups excluding carboxylic acids is 3. The molecule has 5 rings (SSSR count). The minimum Gasteiger partial charge on any atom is -0.298 e. The Bertz CT molecular complexity index is 1560. The van der Waals surface area contributed by atoms with E-state index in [0.29, 0.717) is 26.5 Å². The third kappa shape index (κ3) is 3.69. The molecule has 0 saturated carbocycles. The third-order valence-corrected chi connectivity index (χ3v) is 7.21. The highest BCUT2D eigenvalue weighted by atomic mass is 32.2. The van der Waals surface area contributed by atoms with Gasteiger partial charge >= 0.3 is 0 Å². The first-order chi connectivity index (χ1) is 15.7. The number of fused-ring (bicyclic) bond motifs is 2. The molecule has 0 spiro atoms. The number of imide groups is 1. The maximum atomic E-state index is 12.8. The van der Waals surface area contributed by atoms with Gasteiger partial charge in [0.15, 0.2) is 15.0 Å². The highest BCUT2D eigenvalue weighted by Gasteiger charge is 2.36. The van der Waals surface area contributed by atoms with E-state index in [1.54, 1.807) is 48.5 Å². The molecular formula is C23H15N3O5S2. The van der Waals surface area contributed by atoms with Gasteiger partial charge in [-0.05, 0) is 48.5 Å². The lowest BCUT2D eigenvalue weighted by atomic mass is 10.1. The maximum Gasteiger partial charge on any atom is 0.266 e. The molecule has 1 aliphatic heterocycles. The average molecular weight is 478 g/mol. The van der Waals surface area contributed by atoms with Crippen LogP contribution in [0.1, 0.15) is 31.1 Å². The number of carbonyl (C=O) groups is 3. The zero-order valence-corrected chi connectivity index (χ0v) is 18.7. The molecule has 164 valence electrons. The molecule has 8 nitrogen and oxygen atoms in total. The Kier molecular flexibility index (Phi) is 4.84. The second-order valence-electron chi connectivity index (χ2n) is 7.42. The van der Waals surface area contributed by atoms with Crippen LogP contribution in [-0.2, 0) is 9.84 Å². The highest BCUT2D eigenvalue weighted by Crippen LogP contribution is 2.30. The van der Waals surface area contributed by atoms with E-state index in [9.17, 15) is 22.8 Å². The predicted octanol–water partition coefficient (Wildman–Crippen LogP) is 3.75. The van der Waals surface area contributed by atoms with Crippen molar-refractivity contribution in [2.24, 2.45) is 0 Å². The van der Waals surface area contributed by atoms with Gasteiger partial charge in [0, 0.05) is 11.8 Å². The van der Waals surface area contributed by atoms with Gasteiger partial charge in [-0.3, -0.25) is 19.7 Å². The molecule has 0 fully saturated rings. The molecule has 0 aliphatic carbocycles. The Balaban J connectivity index is 1.41. The lowest BCUT2D eigenvalue weighted by molar-refractivity contribution is 0.0924. The molecule has 1 aliphatic rings. The largest absolute Gasteiger partial charge is 0.298 e. The third-order valence-electron chi connectivity index (χ3n) is 5.17. The number of benzene rings is 3. The number of sulfone groups is 1. The summed E-state index contributed by atoms with van der Waals surface area (Å²) < 4.78 is 24.2. The van der Waals surface area contributed by atoms with Crippen molar-refractivity contribution >= 4 is 59.9 Å². The van der Waals surface area contributed by atoms with Gasteiger partial charge in [0.1, 0.15) is 0 Å². The highest BCUT2D eigenvalue weighted by molar-refractivity contribution is 7.90. The Morgan fingerprint density at radius 1 is 0.939 bits per heavy atom. The molecule has 10 heteroatoms. The van der Waals surface area contributed by atoms with Gasteiger partial charge in [-0.25, -0.2) is 18.3 Å². The topological polar surface area (TPSA) is 114 Å². The van der Waals surface area contributed by atoms with Crippen LogP contribution >= 0.6 is 11.3 Å². The van der Waals surface area contributed by atoms with Crippen LogP contribution < -0.4 is 10.2 Å². The smallest absolute Gasteiger partial charge is 0.266 e. The minimum absolute atomic E-state index is 0.171. The lowest BCUT2D eigenvalue weighted by Gasteiger charge is -2.14. The quantitative estimate of drug-likeness (QED) is 0.448. The number of thiazole rings is 1. The first kappa shape index (κ1) is 21.0. The summed E-state index contributed by atoms with van der Waals surface area (Å²) in [5.41, 5.74) is 1.72. The van der Waals surface area contributed by atoms with Gasteiger partial charge in [-0.1, -0.05) is 29.5 Å². The molecule has 1 aromatic heterocycles. The van der Waals surface area contributed by atoms with Gasteiger partial charge in [0.25, 0.3) is 17.7 Å². The van der Waals surface area contributed by atoms with Crippen molar-refractivity contribution in [1.82, 2.24) is 4.98 Å². The monoisotopic (exact) mass is 477 g/mol. The number of aromatic nitrogens is 1. The summed E-state index contributed by atoms with van der Waals surface area (Å²) in [5.74, 6) is -1.36. The van der Waals surface area contributed by atoms with Crippen LogP contribution in [0.4, 0.5) is 10.8 Å². The zero-order chi connectivity index (χ0) is 23.3. The molecule has 1 N–H and O–H groups in total. The van der Waals surface area contributed by atoms with Crippen molar-refractivity contribution in [3.8, 4) is 0 Å². The molecule has 0 unspecified atom stereocenters. The predicted molar refractivity (Wildman–Crippen MR) is 125 cm³/mol. The summed E-state index contributed by atoms with van der Waals surface area (Å²) >= 11 is 1.15. The molecule has 0 radical (unpaired) electrons. The molecular weight excluding hydrogens is 462 g/mol. The van der Waals surface area contributed by atoms with E-state index in [1.165, 1.54) is 18.2 Å². The van der Waals surface area contributed by atoms with E-state index in [4.69, 9.17) is 0 Å². The fraction of sp³-hybridized carbons (Fsp3) is 0.0435. The Morgan fingerprint density at radius 3 is 2.30 bits per heavy atom. The van der Waals surface area contributed by atoms with Crippen LogP contribution in [0.25, 0.3) is 10.2 Å². The van der Waals surface area contributed by atoms with Gasteiger partial charge in [0.05, 0.1) is 31.9 Å². The van der Waals surface area contributed by atoms with E-state index in [0.717, 1.165) is 22.5 Å². The van der Waals surface area contributed by atoms with Crippen LogP contribution in [0.15, 0.2) is 71.6 Å². The molecule has 2 heterocycles. The Morgan fingerprint density at radius 2 is 1.64 bits per heavy atom. The zero-order valence-electron chi connectivity index (χ0n) is 17.1. The van der Waals surface area contributed by atoms with Crippen molar-refractivity contribution in [1.29, 1.82) is 0 Å². The van der Waals surface area contributed by atoms with Gasteiger partial charge in [0.2, 0.25) is 0 Å². The SMILES string of the molecule is CS(=O)(=O)c1ccc2nc(NC(=O)c3cccc(N4C(=O)c5ccccc5C4=O)c3)sc2c1. The van der Waals surface area contributed by atoms with Crippen LogP contribution in [-0.4, -0.2) is 37.4 Å². The number of hydrogen-bond donors (Lipinski definition) is 1. The molecule has 3 amide bonds. The number of anilines is 2. The summed E-state index contributed by atoms with van der Waals surface area (Å²) in [7, 11) is -3.36. The van der Waals surface area contributed by atoms with Crippen LogP contribution in [0.3, 0.4) is 0 Å². The molecule has 0 atom stereocenters. The Hall–Kier alpha value is -3.89. The maximum absolute atomic E-state index is 12.8. The second-order valence-corrected chi connectivity index (χ2v) is 10.5. The molecule has 33 heavy (non-hydrogen) atoms. The summed E-state index contributed by atoms with van der Waals surface area (Å²) in [6.07, 6.45) is 1.12. The number of nitrogens with one attached hydrogen (secondary N) is 1. The molecule has 0 bridgehead atoms. The van der Waals surface area contributed by atoms with Crippen LogP contribution in [0, 0.1) is 0 Å². The number of amides is 3. The fourth-order valence-electron chi connectivity index (χ4n) is 3.57. The van der Waals surface area contributed by atoms with Crippen molar-refractivity contribution in [3.63, 3.8) is 0 Å². The van der Waals surface area contributed by atoms with Gasteiger partial charge in [-0.2, -0.15) is 0 Å². The molecule has 4 aromatic rings. The van der Waals surface area contributed by atoms with E-state index >= 15 is 0 Å². The van der Waals surface area contributed by atoms with Gasteiger partial charge < -0.3 is 0 Å². The first-order valence-corrected chi connectivity index (χ1v) is 12.4. The van der Waals surface area contributed by atoms with E-state index in [-0.39, 0.29) is 16.1 Å². The van der Waals surface area contributed by atoms with Crippen molar-refractivity contribution < 1.29 is 22.8 Å². The van der Waals surface area contributed by atoms with Crippen molar-refractivity contribution in [2.45, 2.75) is 4.90 Å². The second kappa shape index (κ2) is 7.61. The number of rotatable bonds is 4. The number of hydrogen-bond acceptors (Lipinski definition) is 7. The van der Waals surface area contributed by atoms with E-state index in [1.807, 2.05) is 0 Å². The fourth-order valence-corrected chi connectivity index (χ4v) is 5.19.